The lowest BCUT2D eigenvalue weighted by Gasteiger charge is -1.93. The van der Waals surface area contributed by atoms with Crippen LogP contribution in [-0.4, -0.2) is 4.68 Å². The molecule has 13 heavy (non-hydrogen) atoms. The lowest BCUT2D eigenvalue weighted by Crippen LogP contribution is -2.35. The van der Waals surface area contributed by atoms with Gasteiger partial charge >= 0.3 is 0 Å². The molecule has 1 aromatic carbocycles. The van der Waals surface area contributed by atoms with E-state index in [2.05, 4.69) is 40.7 Å². The van der Waals surface area contributed by atoms with Crippen LogP contribution in [0.2, 0.25) is 0 Å². The van der Waals surface area contributed by atoms with Gasteiger partial charge in [-0.05, 0) is 18.6 Å². The van der Waals surface area contributed by atoms with Gasteiger partial charge in [0, 0.05) is 6.42 Å². The number of hydrogen-bond donors (Lipinski definition) is 0. The molecule has 0 atom stereocenters. The van der Waals surface area contributed by atoms with Crippen molar-refractivity contribution in [2.75, 3.05) is 0 Å². The van der Waals surface area contributed by atoms with Crippen molar-refractivity contribution in [2.24, 2.45) is 0 Å². The summed E-state index contributed by atoms with van der Waals surface area (Å²) >= 11 is 0. The molecule has 0 N–H and O–H groups in total. The van der Waals surface area contributed by atoms with E-state index >= 15 is 0 Å². The molecule has 2 heteroatoms. The van der Waals surface area contributed by atoms with Crippen LogP contribution in [0, 0.1) is 6.92 Å². The number of aromatic nitrogens is 2. The second kappa shape index (κ2) is 2.34. The fourth-order valence-corrected chi connectivity index (χ4v) is 2.23. The first-order chi connectivity index (χ1) is 6.36. The largest absolute Gasteiger partial charge is 0.203 e. The van der Waals surface area contributed by atoms with Crippen LogP contribution >= 0.6 is 0 Å². The Morgan fingerprint density at radius 3 is 3.23 bits per heavy atom. The van der Waals surface area contributed by atoms with Crippen LogP contribution in [0.15, 0.2) is 24.4 Å². The van der Waals surface area contributed by atoms with E-state index in [1.54, 1.807) is 0 Å². The highest BCUT2D eigenvalue weighted by Crippen LogP contribution is 2.18. The predicted octanol–water partition coefficient (Wildman–Crippen LogP) is 1.64. The zero-order chi connectivity index (χ0) is 8.84. The second-order valence-electron chi connectivity index (χ2n) is 3.78. The minimum Gasteiger partial charge on any atom is -0.153 e. The fourth-order valence-electron chi connectivity index (χ4n) is 2.23. The Morgan fingerprint density at radius 2 is 2.31 bits per heavy atom. The first-order valence-corrected chi connectivity index (χ1v) is 4.85. The van der Waals surface area contributed by atoms with E-state index in [9.17, 15) is 0 Å². The van der Waals surface area contributed by atoms with E-state index < -0.39 is 0 Å². The first-order valence-electron chi connectivity index (χ1n) is 4.85. The topological polar surface area (TPSA) is 8.81 Å². The third kappa shape index (κ3) is 0.857. The summed E-state index contributed by atoms with van der Waals surface area (Å²) in [5.41, 5.74) is 2.77. The first kappa shape index (κ1) is 7.13. The van der Waals surface area contributed by atoms with Gasteiger partial charge in [0.05, 0.1) is 11.9 Å². The van der Waals surface area contributed by atoms with E-state index in [-0.39, 0.29) is 0 Å². The van der Waals surface area contributed by atoms with Crippen molar-refractivity contribution in [3.05, 3.63) is 30.0 Å². The van der Waals surface area contributed by atoms with E-state index in [0.29, 0.717) is 0 Å². The van der Waals surface area contributed by atoms with Crippen molar-refractivity contribution in [1.82, 2.24) is 4.68 Å². The number of rotatable bonds is 0. The van der Waals surface area contributed by atoms with Crippen LogP contribution in [0.1, 0.15) is 12.0 Å². The summed E-state index contributed by atoms with van der Waals surface area (Å²) in [5, 5.41) is 1.40. The van der Waals surface area contributed by atoms with Gasteiger partial charge in [-0.1, -0.05) is 12.1 Å². The molecule has 2 nitrogen and oxygen atoms in total. The molecule has 1 aliphatic heterocycles. The maximum Gasteiger partial charge on any atom is 0.203 e. The molecule has 66 valence electrons. The van der Waals surface area contributed by atoms with Gasteiger partial charge in [0.15, 0.2) is 6.54 Å². The molecule has 0 unspecified atom stereocenters. The monoisotopic (exact) mass is 173 g/mol. The molecule has 3 rings (SSSR count). The SMILES string of the molecule is Cc1cccc2c1c[n+]1n2CCC1. The quantitative estimate of drug-likeness (QED) is 0.535. The van der Waals surface area contributed by atoms with Crippen molar-refractivity contribution < 1.29 is 4.68 Å². The highest BCUT2D eigenvalue weighted by Gasteiger charge is 2.21. The van der Waals surface area contributed by atoms with Crippen molar-refractivity contribution in [3.63, 3.8) is 0 Å². The summed E-state index contributed by atoms with van der Waals surface area (Å²) in [4.78, 5) is 0. The Labute approximate surface area is 77.4 Å². The van der Waals surface area contributed by atoms with Crippen LogP contribution < -0.4 is 4.68 Å². The Hall–Kier alpha value is -1.31. The molecule has 2 aromatic rings. The average molecular weight is 173 g/mol. The molecule has 0 saturated carbocycles. The van der Waals surface area contributed by atoms with E-state index in [1.165, 1.54) is 36.0 Å². The second-order valence-corrected chi connectivity index (χ2v) is 3.78. The zero-order valence-corrected chi connectivity index (χ0v) is 7.83. The van der Waals surface area contributed by atoms with Gasteiger partial charge in [0.1, 0.15) is 5.52 Å². The third-order valence-corrected chi connectivity index (χ3v) is 2.92. The molecule has 0 radical (unpaired) electrons. The van der Waals surface area contributed by atoms with Crippen LogP contribution in [0.5, 0.6) is 0 Å². The molecule has 1 aromatic heterocycles. The molecule has 0 saturated heterocycles. The fraction of sp³-hybridized carbons (Fsp3) is 0.364. The summed E-state index contributed by atoms with van der Waals surface area (Å²) < 4.78 is 4.71. The number of fused-ring (bicyclic) bond motifs is 3. The molecule has 0 amide bonds. The van der Waals surface area contributed by atoms with Crippen LogP contribution in [0.4, 0.5) is 0 Å². The summed E-state index contributed by atoms with van der Waals surface area (Å²) in [6.07, 6.45) is 3.56. The van der Waals surface area contributed by atoms with Crippen molar-refractivity contribution >= 4 is 10.9 Å². The van der Waals surface area contributed by atoms with E-state index in [4.69, 9.17) is 0 Å². The Bertz CT molecular complexity index is 468. The zero-order valence-electron chi connectivity index (χ0n) is 7.83. The molecule has 2 heterocycles. The molecular weight excluding hydrogens is 160 g/mol. The number of nitrogens with zero attached hydrogens (tertiary/aromatic N) is 2. The Balaban J connectivity index is 2.44. The standard InChI is InChI=1S/C11H13N2/c1-9-4-2-5-11-10(9)8-12-6-3-7-13(11)12/h2,4-5,8H,3,6-7H2,1H3/q+1. The third-order valence-electron chi connectivity index (χ3n) is 2.92. The molecule has 0 bridgehead atoms. The highest BCUT2D eigenvalue weighted by molar-refractivity contribution is 5.80. The summed E-state index contributed by atoms with van der Waals surface area (Å²) in [7, 11) is 0. The average Bonchev–Trinajstić information content (AvgIpc) is 2.65. The normalized spacial score (nSPS) is 15.2. The summed E-state index contributed by atoms with van der Waals surface area (Å²) in [6.45, 7) is 4.53. The molecule has 0 aliphatic carbocycles. The highest BCUT2D eigenvalue weighted by atomic mass is 15.4. The van der Waals surface area contributed by atoms with Gasteiger partial charge in [0.2, 0.25) is 6.20 Å². The summed E-state index contributed by atoms with van der Waals surface area (Å²) in [6, 6.07) is 6.53. The van der Waals surface area contributed by atoms with Gasteiger partial charge in [-0.3, -0.25) is 0 Å². The smallest absolute Gasteiger partial charge is 0.153 e. The lowest BCUT2D eigenvalue weighted by atomic mass is 10.1. The minimum atomic E-state index is 1.17. The van der Waals surface area contributed by atoms with E-state index in [0.717, 1.165) is 0 Å². The van der Waals surface area contributed by atoms with Gasteiger partial charge in [0.25, 0.3) is 0 Å². The van der Waals surface area contributed by atoms with Crippen LogP contribution in [0.3, 0.4) is 0 Å². The Morgan fingerprint density at radius 1 is 1.38 bits per heavy atom. The van der Waals surface area contributed by atoms with Gasteiger partial charge < -0.3 is 0 Å². The molecule has 1 aliphatic rings. The van der Waals surface area contributed by atoms with Gasteiger partial charge in [-0.2, -0.15) is 4.68 Å². The van der Waals surface area contributed by atoms with E-state index in [1.807, 2.05) is 0 Å². The maximum atomic E-state index is 2.38. The molecular formula is C11H13N2+. The summed E-state index contributed by atoms with van der Waals surface area (Å²) in [5.74, 6) is 0. The molecule has 0 fully saturated rings. The number of aryl methyl sites for hydroxylation is 3. The molecule has 0 spiro atoms. The van der Waals surface area contributed by atoms with Crippen molar-refractivity contribution in [2.45, 2.75) is 26.4 Å². The maximum absolute atomic E-state index is 2.38. The van der Waals surface area contributed by atoms with Crippen molar-refractivity contribution in [1.29, 1.82) is 0 Å². The minimum absolute atomic E-state index is 1.17. The van der Waals surface area contributed by atoms with Crippen LogP contribution in [-0.2, 0) is 13.1 Å². The predicted molar refractivity (Wildman–Crippen MR) is 51.5 cm³/mol. The van der Waals surface area contributed by atoms with Crippen molar-refractivity contribution in [3.8, 4) is 0 Å². The number of hydrogen-bond acceptors (Lipinski definition) is 0. The lowest BCUT2D eigenvalue weighted by molar-refractivity contribution is -0.755. The van der Waals surface area contributed by atoms with Gasteiger partial charge in [-0.15, -0.1) is 4.68 Å². The number of benzene rings is 1. The van der Waals surface area contributed by atoms with Gasteiger partial charge in [-0.25, -0.2) is 0 Å². The van der Waals surface area contributed by atoms with Crippen LogP contribution in [0.25, 0.3) is 10.9 Å². The Kier molecular flexibility index (Phi) is 1.29.